The van der Waals surface area contributed by atoms with Gasteiger partial charge in [-0.2, -0.15) is 0 Å². The molecule has 2 saturated heterocycles. The molecule has 2 fully saturated rings. The fraction of sp³-hybridized carbons (Fsp3) is 0.833. The van der Waals surface area contributed by atoms with Crippen LogP contribution in [0, 0.1) is 5.92 Å². The van der Waals surface area contributed by atoms with E-state index in [0.29, 0.717) is 17.9 Å². The van der Waals surface area contributed by atoms with Gasteiger partial charge in [-0.05, 0) is 63.6 Å². The second-order valence-electron chi connectivity index (χ2n) is 7.38. The van der Waals surface area contributed by atoms with Crippen molar-refractivity contribution in [3.05, 3.63) is 11.3 Å². The number of carbonyl (C=O) groups is 1. The zero-order valence-corrected chi connectivity index (χ0v) is 14.5. The van der Waals surface area contributed by atoms with Gasteiger partial charge in [0.15, 0.2) is 0 Å². The number of piperidine rings is 2. The van der Waals surface area contributed by atoms with Gasteiger partial charge in [0, 0.05) is 44.3 Å². The van der Waals surface area contributed by atoms with Gasteiger partial charge in [0.2, 0.25) is 5.91 Å². The van der Waals surface area contributed by atoms with Crippen LogP contribution in [0.5, 0.6) is 0 Å². The maximum Gasteiger partial charge on any atom is 0.222 e. The number of hydrogen-bond acceptors (Lipinski definition) is 4. The maximum atomic E-state index is 12.5. The smallest absolute Gasteiger partial charge is 0.222 e. The zero-order chi connectivity index (χ0) is 16.1. The normalized spacial score (nSPS) is 24.8. The molecule has 3 heterocycles. The van der Waals surface area contributed by atoms with Crippen LogP contribution in [-0.4, -0.2) is 56.1 Å². The third-order valence-electron chi connectivity index (χ3n) is 5.61. The second kappa shape index (κ2) is 8.15. The minimum absolute atomic E-state index is 0.382. The first kappa shape index (κ1) is 16.8. The van der Waals surface area contributed by atoms with Crippen molar-refractivity contribution in [2.75, 3.05) is 39.3 Å². The molecule has 3 rings (SSSR count). The molecule has 1 amide bonds. The van der Waals surface area contributed by atoms with Gasteiger partial charge in [0.1, 0.15) is 0 Å². The molecule has 3 aliphatic heterocycles. The molecule has 5 nitrogen and oxygen atoms in total. The topological polar surface area (TPSA) is 56.4 Å². The Bertz CT molecular complexity index is 434. The van der Waals surface area contributed by atoms with Gasteiger partial charge in [0.25, 0.3) is 0 Å². The predicted molar refractivity (Wildman–Crippen MR) is 93.1 cm³/mol. The number of nitrogens with zero attached hydrogens (tertiary/aromatic N) is 1. The van der Waals surface area contributed by atoms with E-state index in [-0.39, 0.29) is 0 Å². The first-order valence-corrected chi connectivity index (χ1v) is 9.36. The predicted octanol–water partition coefficient (Wildman–Crippen LogP) is 1.22. The van der Waals surface area contributed by atoms with E-state index in [4.69, 9.17) is 0 Å². The summed E-state index contributed by atoms with van der Waals surface area (Å²) < 4.78 is 0. The van der Waals surface area contributed by atoms with E-state index in [2.05, 4.69) is 27.8 Å². The first-order chi connectivity index (χ1) is 11.2. The number of amides is 1. The monoisotopic (exact) mass is 320 g/mol. The van der Waals surface area contributed by atoms with E-state index < -0.39 is 0 Å². The minimum atomic E-state index is 0.382. The molecule has 0 radical (unpaired) electrons. The minimum Gasteiger partial charge on any atom is -0.385 e. The van der Waals surface area contributed by atoms with Gasteiger partial charge in [-0.3, -0.25) is 4.79 Å². The van der Waals surface area contributed by atoms with Crippen molar-refractivity contribution in [2.24, 2.45) is 5.92 Å². The maximum absolute atomic E-state index is 12.5. The average Bonchev–Trinajstić information content (AvgIpc) is 2.58. The Kier molecular flexibility index (Phi) is 5.95. The third-order valence-corrected chi connectivity index (χ3v) is 5.61. The van der Waals surface area contributed by atoms with E-state index in [1.54, 1.807) is 0 Å². The van der Waals surface area contributed by atoms with Crippen LogP contribution in [0.15, 0.2) is 11.3 Å². The molecule has 130 valence electrons. The largest absolute Gasteiger partial charge is 0.385 e. The van der Waals surface area contributed by atoms with Crippen LogP contribution in [0.3, 0.4) is 0 Å². The quantitative estimate of drug-likeness (QED) is 0.729. The Morgan fingerprint density at radius 1 is 1.13 bits per heavy atom. The fourth-order valence-electron chi connectivity index (χ4n) is 3.99. The summed E-state index contributed by atoms with van der Waals surface area (Å²) in [6.07, 6.45) is 6.36. The summed E-state index contributed by atoms with van der Waals surface area (Å²) in [6.45, 7) is 8.30. The number of carbonyl (C=O) groups excluding carboxylic acids is 1. The Hall–Kier alpha value is -1.07. The molecule has 3 N–H and O–H groups in total. The Morgan fingerprint density at radius 3 is 2.57 bits per heavy atom. The molecule has 0 aromatic heterocycles. The first-order valence-electron chi connectivity index (χ1n) is 9.36. The molecule has 0 unspecified atom stereocenters. The fourth-order valence-corrected chi connectivity index (χ4v) is 3.99. The van der Waals surface area contributed by atoms with Crippen LogP contribution in [-0.2, 0) is 4.79 Å². The summed E-state index contributed by atoms with van der Waals surface area (Å²) in [7, 11) is 0. The van der Waals surface area contributed by atoms with Gasteiger partial charge >= 0.3 is 0 Å². The molecule has 0 saturated carbocycles. The van der Waals surface area contributed by atoms with E-state index in [1.165, 1.54) is 11.3 Å². The van der Waals surface area contributed by atoms with Crippen molar-refractivity contribution in [1.82, 2.24) is 20.9 Å². The van der Waals surface area contributed by atoms with Gasteiger partial charge < -0.3 is 20.9 Å². The highest BCUT2D eigenvalue weighted by Crippen LogP contribution is 2.20. The highest BCUT2D eigenvalue weighted by atomic mass is 16.2. The lowest BCUT2D eigenvalue weighted by Gasteiger charge is -2.35. The van der Waals surface area contributed by atoms with Crippen LogP contribution >= 0.6 is 0 Å². The average molecular weight is 320 g/mol. The molecule has 0 aromatic carbocycles. The summed E-state index contributed by atoms with van der Waals surface area (Å²) in [6, 6.07) is 0.543. The number of likely N-dealkylation sites (tertiary alicyclic amines) is 1. The summed E-state index contributed by atoms with van der Waals surface area (Å²) in [4.78, 5) is 14.6. The number of rotatable bonds is 4. The van der Waals surface area contributed by atoms with Crippen molar-refractivity contribution in [2.45, 2.75) is 51.5 Å². The molecule has 3 aliphatic rings. The van der Waals surface area contributed by atoms with Gasteiger partial charge in [-0.15, -0.1) is 0 Å². The number of nitrogens with one attached hydrogen (secondary N) is 3. The van der Waals surface area contributed by atoms with E-state index in [1.807, 2.05) is 0 Å². The van der Waals surface area contributed by atoms with E-state index >= 15 is 0 Å². The van der Waals surface area contributed by atoms with Crippen molar-refractivity contribution in [3.8, 4) is 0 Å². The Morgan fingerprint density at radius 2 is 1.87 bits per heavy atom. The lowest BCUT2D eigenvalue weighted by atomic mass is 9.93. The molecule has 0 atom stereocenters. The summed E-state index contributed by atoms with van der Waals surface area (Å²) in [5, 5.41) is 10.5. The standard InChI is InChI=1S/C18H32N4O/c1-14-13-20-9-4-17(14)21-16-5-10-22(11-6-16)18(23)12-15-2-7-19-8-3-15/h15-16,19-21H,2-13H2,1H3. The lowest BCUT2D eigenvalue weighted by Crippen LogP contribution is -2.46. The van der Waals surface area contributed by atoms with Crippen molar-refractivity contribution < 1.29 is 4.79 Å². The van der Waals surface area contributed by atoms with Crippen LogP contribution < -0.4 is 16.0 Å². The van der Waals surface area contributed by atoms with Gasteiger partial charge in [-0.1, -0.05) is 0 Å². The van der Waals surface area contributed by atoms with Crippen molar-refractivity contribution in [3.63, 3.8) is 0 Å². The van der Waals surface area contributed by atoms with Gasteiger partial charge in [-0.25, -0.2) is 0 Å². The molecular formula is C18H32N4O. The molecule has 5 heteroatoms. The molecule has 0 aromatic rings. The summed E-state index contributed by atoms with van der Waals surface area (Å²) in [5.74, 6) is 0.981. The Balaban J connectivity index is 1.41. The second-order valence-corrected chi connectivity index (χ2v) is 7.38. The van der Waals surface area contributed by atoms with Gasteiger partial charge in [0.05, 0.1) is 0 Å². The SMILES string of the molecule is CC1=C(NC2CCN(C(=O)CC3CCNCC3)CC2)CCNC1. The van der Waals surface area contributed by atoms with Crippen LogP contribution in [0.4, 0.5) is 0 Å². The van der Waals surface area contributed by atoms with Crippen LogP contribution in [0.2, 0.25) is 0 Å². The molecule has 0 bridgehead atoms. The molecule has 0 aliphatic carbocycles. The Labute approximate surface area is 140 Å². The third kappa shape index (κ3) is 4.70. The van der Waals surface area contributed by atoms with Crippen LogP contribution in [0.25, 0.3) is 0 Å². The van der Waals surface area contributed by atoms with Crippen molar-refractivity contribution in [1.29, 1.82) is 0 Å². The lowest BCUT2D eigenvalue weighted by molar-refractivity contribution is -0.133. The highest BCUT2D eigenvalue weighted by molar-refractivity contribution is 5.76. The summed E-state index contributed by atoms with van der Waals surface area (Å²) in [5.41, 5.74) is 2.88. The van der Waals surface area contributed by atoms with E-state index in [9.17, 15) is 4.79 Å². The molecular weight excluding hydrogens is 288 g/mol. The summed E-state index contributed by atoms with van der Waals surface area (Å²) >= 11 is 0. The number of hydrogen-bond donors (Lipinski definition) is 3. The molecule has 23 heavy (non-hydrogen) atoms. The highest BCUT2D eigenvalue weighted by Gasteiger charge is 2.26. The van der Waals surface area contributed by atoms with Crippen molar-refractivity contribution >= 4 is 5.91 Å². The zero-order valence-electron chi connectivity index (χ0n) is 14.5. The van der Waals surface area contributed by atoms with E-state index in [0.717, 1.165) is 77.8 Å². The van der Waals surface area contributed by atoms with Crippen LogP contribution in [0.1, 0.15) is 45.4 Å². The molecule has 0 spiro atoms.